The second-order valence-corrected chi connectivity index (χ2v) is 9.83. The Morgan fingerprint density at radius 1 is 1.05 bits per heavy atom. The molecule has 1 aliphatic heterocycles. The molecule has 4 heterocycles. The quantitative estimate of drug-likeness (QED) is 0.358. The van der Waals surface area contributed by atoms with E-state index in [1.165, 1.54) is 30.6 Å². The molecule has 0 bridgehead atoms. The van der Waals surface area contributed by atoms with Gasteiger partial charge in [0.1, 0.15) is 29.0 Å². The topological polar surface area (TPSA) is 99.4 Å². The molecule has 0 spiro atoms. The summed E-state index contributed by atoms with van der Waals surface area (Å²) in [6.07, 6.45) is -0.109. The van der Waals surface area contributed by atoms with Gasteiger partial charge >= 0.3 is 5.97 Å². The molecular weight excluding hydrogens is 497 g/mol. The fraction of sp³-hybridized carbons (Fsp3) is 0.269. The Morgan fingerprint density at radius 3 is 2.49 bits per heavy atom. The summed E-state index contributed by atoms with van der Waals surface area (Å²) in [6, 6.07) is 10.8. The number of carbonyl (C=O) groups is 2. The molecule has 3 aromatic heterocycles. The van der Waals surface area contributed by atoms with E-state index in [0.717, 1.165) is 5.69 Å². The van der Waals surface area contributed by atoms with Crippen molar-refractivity contribution >= 4 is 23.2 Å². The summed E-state index contributed by atoms with van der Waals surface area (Å²) in [7, 11) is 3.06. The van der Waals surface area contributed by atoms with E-state index < -0.39 is 5.97 Å². The predicted molar refractivity (Wildman–Crippen MR) is 133 cm³/mol. The maximum Gasteiger partial charge on any atom is 0.338 e. The van der Waals surface area contributed by atoms with Crippen molar-refractivity contribution in [3.63, 3.8) is 0 Å². The highest BCUT2D eigenvalue weighted by atomic mass is 32.1. The fourth-order valence-electron chi connectivity index (χ4n) is 4.82. The summed E-state index contributed by atoms with van der Waals surface area (Å²) in [5.41, 5.74) is 5.09. The summed E-state index contributed by atoms with van der Waals surface area (Å²) in [5.74, 6) is -0.316. The minimum atomic E-state index is -0.517. The Hall–Kier alpha value is -4.12. The van der Waals surface area contributed by atoms with Crippen molar-refractivity contribution in [1.82, 2.24) is 24.6 Å². The monoisotopic (exact) mass is 519 g/mol. The molecule has 1 saturated carbocycles. The summed E-state index contributed by atoms with van der Waals surface area (Å²) in [6.45, 7) is 1.12. The van der Waals surface area contributed by atoms with Gasteiger partial charge in [-0.15, -0.1) is 11.3 Å². The Labute approximate surface area is 215 Å². The van der Waals surface area contributed by atoms with Crippen molar-refractivity contribution in [2.24, 2.45) is 18.9 Å². The lowest BCUT2D eigenvalue weighted by Crippen LogP contribution is -2.34. The van der Waals surface area contributed by atoms with Gasteiger partial charge in [-0.05, 0) is 36.4 Å². The Bertz CT molecular complexity index is 1480. The number of hydrogen-bond acceptors (Lipinski definition) is 8. The minimum Gasteiger partial charge on any atom is -0.474 e. The van der Waals surface area contributed by atoms with Gasteiger partial charge in [0, 0.05) is 49.0 Å². The maximum atomic E-state index is 13.4. The van der Waals surface area contributed by atoms with E-state index in [4.69, 9.17) is 9.47 Å². The zero-order valence-corrected chi connectivity index (χ0v) is 20.8. The smallest absolute Gasteiger partial charge is 0.338 e. The van der Waals surface area contributed by atoms with Crippen molar-refractivity contribution in [1.29, 1.82) is 0 Å². The molecule has 0 N–H and O–H groups in total. The Balaban J connectivity index is 1.15. The predicted octanol–water partition coefficient (Wildman–Crippen LogP) is 3.68. The van der Waals surface area contributed by atoms with Crippen LogP contribution in [-0.2, 0) is 11.8 Å². The van der Waals surface area contributed by atoms with E-state index in [9.17, 15) is 14.0 Å². The second kappa shape index (κ2) is 9.07. The zero-order chi connectivity index (χ0) is 25.7. The highest BCUT2D eigenvalue weighted by molar-refractivity contribution is 7.07. The number of pyridine rings is 1. The molecule has 2 atom stereocenters. The summed E-state index contributed by atoms with van der Waals surface area (Å²) >= 11 is 1.48. The molecular formula is C26H22FN5O4S. The van der Waals surface area contributed by atoms with Gasteiger partial charge in [-0.3, -0.25) is 9.48 Å². The second-order valence-electron chi connectivity index (χ2n) is 9.11. The van der Waals surface area contributed by atoms with Gasteiger partial charge in [0.15, 0.2) is 0 Å². The number of aromatic nitrogens is 4. The zero-order valence-electron chi connectivity index (χ0n) is 20.0. The van der Waals surface area contributed by atoms with Gasteiger partial charge in [-0.25, -0.2) is 19.2 Å². The number of hydrogen-bond donors (Lipinski definition) is 0. The standard InChI is InChI=1S/C26H22FN5O4S/c1-31-22(9-20(30-31)21-12-37-13-28-21)25(33)32-10-17-18(11-32)24(17)36-23-8-15(26(34)35-2)7-19(29-23)14-3-5-16(27)6-4-14/h3-9,12-13,17-18,24H,10-11H2,1-2H3. The van der Waals surface area contributed by atoms with Crippen LogP contribution < -0.4 is 4.74 Å². The number of carbonyl (C=O) groups excluding carboxylic acids is 2. The molecule has 6 rings (SSSR count). The van der Waals surface area contributed by atoms with Crippen molar-refractivity contribution < 1.29 is 23.5 Å². The third kappa shape index (κ3) is 4.35. The van der Waals surface area contributed by atoms with E-state index >= 15 is 0 Å². The van der Waals surface area contributed by atoms with Crippen LogP contribution in [0, 0.1) is 17.7 Å². The first-order valence-electron chi connectivity index (χ1n) is 11.7. The number of nitrogens with zero attached hydrogens (tertiary/aromatic N) is 5. The summed E-state index contributed by atoms with van der Waals surface area (Å²) in [4.78, 5) is 36.0. The molecule has 0 radical (unpaired) electrons. The number of methoxy groups -OCH3 is 1. The average molecular weight is 520 g/mol. The fourth-order valence-corrected chi connectivity index (χ4v) is 5.36. The van der Waals surface area contributed by atoms with Crippen LogP contribution in [0.5, 0.6) is 5.88 Å². The molecule has 37 heavy (non-hydrogen) atoms. The highest BCUT2D eigenvalue weighted by Gasteiger charge is 2.59. The third-order valence-corrected chi connectivity index (χ3v) is 7.40. The molecule has 1 amide bonds. The molecule has 1 saturated heterocycles. The lowest BCUT2D eigenvalue weighted by molar-refractivity contribution is 0.0598. The van der Waals surface area contributed by atoms with Gasteiger partial charge in [0.25, 0.3) is 5.91 Å². The average Bonchev–Trinajstić information content (AvgIpc) is 3.41. The van der Waals surface area contributed by atoms with E-state index in [1.807, 2.05) is 10.3 Å². The molecule has 2 fully saturated rings. The van der Waals surface area contributed by atoms with Gasteiger partial charge in [0.2, 0.25) is 5.88 Å². The molecule has 4 aromatic rings. The summed E-state index contributed by atoms with van der Waals surface area (Å²) in [5, 5.41) is 6.33. The SMILES string of the molecule is COC(=O)c1cc(OC2C3CN(C(=O)c4cc(-c5cscn5)nn4C)CC32)nc(-c2ccc(F)cc2)c1. The van der Waals surface area contributed by atoms with Crippen molar-refractivity contribution in [3.8, 4) is 28.5 Å². The first-order valence-corrected chi connectivity index (χ1v) is 12.6. The molecule has 1 aromatic carbocycles. The maximum absolute atomic E-state index is 13.4. The van der Waals surface area contributed by atoms with Crippen LogP contribution >= 0.6 is 11.3 Å². The number of likely N-dealkylation sites (tertiary alicyclic amines) is 1. The van der Waals surface area contributed by atoms with Gasteiger partial charge < -0.3 is 14.4 Å². The lowest BCUT2D eigenvalue weighted by Gasteiger charge is -2.20. The van der Waals surface area contributed by atoms with Gasteiger partial charge in [-0.2, -0.15) is 5.10 Å². The largest absolute Gasteiger partial charge is 0.474 e. The number of esters is 1. The first-order chi connectivity index (χ1) is 17.9. The molecule has 1 aliphatic carbocycles. The Morgan fingerprint density at radius 2 is 1.81 bits per heavy atom. The van der Waals surface area contributed by atoms with E-state index in [-0.39, 0.29) is 29.7 Å². The van der Waals surface area contributed by atoms with Crippen molar-refractivity contribution in [3.05, 3.63) is 70.4 Å². The number of halogens is 1. The normalized spacial score (nSPS) is 20.0. The number of amides is 1. The molecule has 2 unspecified atom stereocenters. The number of thiazole rings is 1. The van der Waals surface area contributed by atoms with Crippen LogP contribution in [0.1, 0.15) is 20.8 Å². The molecule has 11 heteroatoms. The van der Waals surface area contributed by atoms with Crippen LogP contribution in [0.25, 0.3) is 22.6 Å². The van der Waals surface area contributed by atoms with Crippen LogP contribution in [0.3, 0.4) is 0 Å². The number of ether oxygens (including phenoxy) is 2. The van der Waals surface area contributed by atoms with Crippen LogP contribution in [0.2, 0.25) is 0 Å². The molecule has 2 aliphatic rings. The summed E-state index contributed by atoms with van der Waals surface area (Å²) < 4.78 is 26.0. The highest BCUT2D eigenvalue weighted by Crippen LogP contribution is 2.48. The van der Waals surface area contributed by atoms with Crippen molar-refractivity contribution in [2.75, 3.05) is 20.2 Å². The van der Waals surface area contributed by atoms with Crippen molar-refractivity contribution in [2.45, 2.75) is 6.10 Å². The number of piperidine rings is 1. The minimum absolute atomic E-state index is 0.0770. The number of aryl methyl sites for hydroxylation is 1. The van der Waals surface area contributed by atoms with E-state index in [2.05, 4.69) is 15.1 Å². The van der Waals surface area contributed by atoms with Gasteiger partial charge in [0.05, 0.1) is 23.9 Å². The number of benzene rings is 1. The van der Waals surface area contributed by atoms with Gasteiger partial charge in [-0.1, -0.05) is 0 Å². The third-order valence-electron chi connectivity index (χ3n) is 6.82. The van der Waals surface area contributed by atoms with E-state index in [0.29, 0.717) is 47.2 Å². The molecule has 188 valence electrons. The van der Waals surface area contributed by atoms with Crippen LogP contribution in [0.15, 0.2) is 53.4 Å². The Kier molecular flexibility index (Phi) is 5.71. The number of fused-ring (bicyclic) bond motifs is 1. The molecule has 9 nitrogen and oxygen atoms in total. The van der Waals surface area contributed by atoms with Crippen LogP contribution in [0.4, 0.5) is 4.39 Å². The number of rotatable bonds is 6. The van der Waals surface area contributed by atoms with Crippen LogP contribution in [-0.4, -0.2) is 62.8 Å². The first kappa shape index (κ1) is 23.3. The van der Waals surface area contributed by atoms with E-state index in [1.54, 1.807) is 47.6 Å². The lowest BCUT2D eigenvalue weighted by atomic mass is 10.1.